The smallest absolute Gasteiger partial charge is 0.306 e. The Morgan fingerprint density at radius 2 is 1.52 bits per heavy atom. The molecule has 1 rings (SSSR count). The molecule has 0 aliphatic carbocycles. The highest BCUT2D eigenvalue weighted by Gasteiger charge is 2.07. The fourth-order valence-electron chi connectivity index (χ4n) is 2.36. The molecule has 0 saturated heterocycles. The number of hydrogen-bond acceptors (Lipinski definition) is 4. The average Bonchev–Trinajstić information content (AvgIpc) is 2.58. The molecular weight excluding hydrogens is 391 g/mol. The number of benzene rings is 1. The molecule has 0 aliphatic rings. The molecule has 1 aromatic carbocycles. The first-order valence-corrected chi connectivity index (χ1v) is 9.57. The van der Waals surface area contributed by atoms with Gasteiger partial charge in [0.25, 0.3) is 0 Å². The Bertz CT molecular complexity index is 548. The van der Waals surface area contributed by atoms with Gasteiger partial charge in [0.1, 0.15) is 12.4 Å². The van der Waals surface area contributed by atoms with E-state index in [4.69, 9.17) is 9.47 Å². The van der Waals surface area contributed by atoms with Crippen molar-refractivity contribution in [2.45, 2.75) is 64.9 Å². The van der Waals surface area contributed by atoms with Gasteiger partial charge in [0, 0.05) is 22.9 Å². The van der Waals surface area contributed by atoms with E-state index >= 15 is 0 Å². The van der Waals surface area contributed by atoms with Crippen LogP contribution in [0.3, 0.4) is 0 Å². The number of unbranched alkanes of at least 4 members (excludes halogenated alkanes) is 5. The second kappa shape index (κ2) is 12.9. The van der Waals surface area contributed by atoms with Crippen LogP contribution in [-0.2, 0) is 25.7 Å². The summed E-state index contributed by atoms with van der Waals surface area (Å²) in [7, 11) is 0. The molecule has 0 fully saturated rings. The summed E-state index contributed by atoms with van der Waals surface area (Å²) < 4.78 is 23.9. The predicted octanol–water partition coefficient (Wildman–Crippen LogP) is 5.32. The lowest BCUT2D eigenvalue weighted by atomic mass is 10.1. The molecule has 0 aromatic heterocycles. The van der Waals surface area contributed by atoms with Crippen molar-refractivity contribution >= 4 is 27.9 Å². The molecule has 0 saturated carbocycles. The highest BCUT2D eigenvalue weighted by atomic mass is 79.9. The molecular formula is C19H26BrFO4. The number of ether oxygens (including phenoxy) is 2. The summed E-state index contributed by atoms with van der Waals surface area (Å²) in [4.78, 5) is 22.9. The fourth-order valence-corrected chi connectivity index (χ4v) is 2.72. The van der Waals surface area contributed by atoms with Gasteiger partial charge in [-0.3, -0.25) is 9.59 Å². The van der Waals surface area contributed by atoms with E-state index in [0.29, 0.717) is 25.0 Å². The number of rotatable bonds is 12. The number of esters is 2. The molecule has 6 heteroatoms. The van der Waals surface area contributed by atoms with E-state index in [9.17, 15) is 14.0 Å². The van der Waals surface area contributed by atoms with Crippen molar-refractivity contribution in [2.24, 2.45) is 0 Å². The molecule has 0 radical (unpaired) electrons. The maximum Gasteiger partial charge on any atom is 0.306 e. The summed E-state index contributed by atoms with van der Waals surface area (Å²) in [5.41, 5.74) is 0.620. The van der Waals surface area contributed by atoms with Crippen molar-refractivity contribution in [3.05, 3.63) is 34.1 Å². The van der Waals surface area contributed by atoms with Crippen LogP contribution in [0.2, 0.25) is 0 Å². The van der Waals surface area contributed by atoms with Crippen molar-refractivity contribution in [2.75, 3.05) is 6.61 Å². The van der Waals surface area contributed by atoms with Gasteiger partial charge in [0.15, 0.2) is 0 Å². The van der Waals surface area contributed by atoms with Crippen molar-refractivity contribution in [1.29, 1.82) is 0 Å². The monoisotopic (exact) mass is 416 g/mol. The van der Waals surface area contributed by atoms with Crippen molar-refractivity contribution in [3.8, 4) is 0 Å². The van der Waals surface area contributed by atoms with Crippen molar-refractivity contribution in [1.82, 2.24) is 0 Å². The van der Waals surface area contributed by atoms with Gasteiger partial charge in [-0.2, -0.15) is 0 Å². The summed E-state index contributed by atoms with van der Waals surface area (Å²) in [6, 6.07) is 4.30. The van der Waals surface area contributed by atoms with E-state index in [-0.39, 0.29) is 24.4 Å². The second-order valence-electron chi connectivity index (χ2n) is 5.82. The van der Waals surface area contributed by atoms with Crippen LogP contribution in [0.4, 0.5) is 4.39 Å². The van der Waals surface area contributed by atoms with E-state index < -0.39 is 0 Å². The summed E-state index contributed by atoms with van der Waals surface area (Å²) >= 11 is 3.30. The Morgan fingerprint density at radius 1 is 0.960 bits per heavy atom. The zero-order valence-electron chi connectivity index (χ0n) is 14.7. The van der Waals surface area contributed by atoms with Crippen LogP contribution in [0.1, 0.15) is 63.9 Å². The van der Waals surface area contributed by atoms with E-state index in [1.54, 1.807) is 13.0 Å². The topological polar surface area (TPSA) is 52.6 Å². The molecule has 1 aromatic rings. The molecule has 0 amide bonds. The highest BCUT2D eigenvalue weighted by Crippen LogP contribution is 2.19. The van der Waals surface area contributed by atoms with Gasteiger partial charge >= 0.3 is 11.9 Å². The molecule has 4 nitrogen and oxygen atoms in total. The van der Waals surface area contributed by atoms with Crippen LogP contribution >= 0.6 is 15.9 Å². The van der Waals surface area contributed by atoms with Crippen LogP contribution in [0, 0.1) is 5.82 Å². The summed E-state index contributed by atoms with van der Waals surface area (Å²) in [5.74, 6) is -0.745. The maximum atomic E-state index is 13.1. The van der Waals surface area contributed by atoms with E-state index in [0.717, 1.165) is 43.0 Å². The normalized spacial score (nSPS) is 10.5. The average molecular weight is 417 g/mol. The van der Waals surface area contributed by atoms with Crippen molar-refractivity contribution < 1.29 is 23.5 Å². The molecule has 140 valence electrons. The lowest BCUT2D eigenvalue weighted by molar-refractivity contribution is -0.145. The van der Waals surface area contributed by atoms with Gasteiger partial charge < -0.3 is 9.47 Å². The SMILES string of the molecule is CCOC(=O)CCCCCCCCC(=O)OCc1cc(F)ccc1Br. The van der Waals surface area contributed by atoms with Crippen LogP contribution < -0.4 is 0 Å². The first-order valence-electron chi connectivity index (χ1n) is 8.78. The molecule has 0 bridgehead atoms. The van der Waals surface area contributed by atoms with E-state index in [1.165, 1.54) is 12.1 Å². The number of hydrogen-bond donors (Lipinski definition) is 0. The largest absolute Gasteiger partial charge is 0.466 e. The van der Waals surface area contributed by atoms with Crippen LogP contribution in [0.25, 0.3) is 0 Å². The molecule has 0 N–H and O–H groups in total. The zero-order chi connectivity index (χ0) is 18.5. The fraction of sp³-hybridized carbons (Fsp3) is 0.579. The Kier molecular flexibility index (Phi) is 11.1. The van der Waals surface area contributed by atoms with Gasteiger partial charge in [-0.25, -0.2) is 4.39 Å². The van der Waals surface area contributed by atoms with E-state index in [2.05, 4.69) is 15.9 Å². The Labute approximate surface area is 157 Å². The standard InChI is InChI=1S/C19H26BrFO4/c1-2-24-18(22)9-7-5-3-4-6-8-10-19(23)25-14-15-13-16(21)11-12-17(15)20/h11-13H,2-10,14H2,1H3. The molecule has 0 aliphatic heterocycles. The van der Waals surface area contributed by atoms with E-state index in [1.807, 2.05) is 0 Å². The third kappa shape index (κ3) is 10.2. The van der Waals surface area contributed by atoms with Gasteiger partial charge in [-0.1, -0.05) is 41.6 Å². The minimum Gasteiger partial charge on any atom is -0.466 e. The molecule has 0 spiro atoms. The predicted molar refractivity (Wildman–Crippen MR) is 97.5 cm³/mol. The molecule has 25 heavy (non-hydrogen) atoms. The van der Waals surface area contributed by atoms with Gasteiger partial charge in [-0.05, 0) is 38.0 Å². The van der Waals surface area contributed by atoms with Crippen LogP contribution in [-0.4, -0.2) is 18.5 Å². The number of carbonyl (C=O) groups excluding carboxylic acids is 2. The number of carbonyl (C=O) groups is 2. The lowest BCUT2D eigenvalue weighted by Crippen LogP contribution is -2.05. The minimum absolute atomic E-state index is 0.0744. The molecule has 0 heterocycles. The summed E-state index contributed by atoms with van der Waals surface area (Å²) in [6.45, 7) is 2.32. The van der Waals surface area contributed by atoms with Gasteiger partial charge in [0.05, 0.1) is 6.61 Å². The molecule has 0 unspecified atom stereocenters. The Hall–Kier alpha value is -1.43. The third-order valence-electron chi connectivity index (χ3n) is 3.71. The van der Waals surface area contributed by atoms with Gasteiger partial charge in [0.2, 0.25) is 0 Å². The van der Waals surface area contributed by atoms with Gasteiger partial charge in [-0.15, -0.1) is 0 Å². The van der Waals surface area contributed by atoms with Crippen LogP contribution in [0.5, 0.6) is 0 Å². The van der Waals surface area contributed by atoms with Crippen LogP contribution in [0.15, 0.2) is 22.7 Å². The lowest BCUT2D eigenvalue weighted by Gasteiger charge is -2.07. The Morgan fingerprint density at radius 3 is 2.12 bits per heavy atom. The minimum atomic E-state index is -0.350. The molecule has 0 atom stereocenters. The number of halogens is 2. The second-order valence-corrected chi connectivity index (χ2v) is 6.68. The highest BCUT2D eigenvalue weighted by molar-refractivity contribution is 9.10. The first kappa shape index (κ1) is 21.6. The quantitative estimate of drug-likeness (QED) is 0.341. The first-order chi connectivity index (χ1) is 12.0. The Balaban J connectivity index is 2.02. The summed E-state index contributed by atoms with van der Waals surface area (Å²) in [6.07, 6.45) is 6.52. The van der Waals surface area contributed by atoms with Crippen molar-refractivity contribution in [3.63, 3.8) is 0 Å². The summed E-state index contributed by atoms with van der Waals surface area (Å²) in [5, 5.41) is 0. The zero-order valence-corrected chi connectivity index (χ0v) is 16.3. The third-order valence-corrected chi connectivity index (χ3v) is 4.49. The maximum absolute atomic E-state index is 13.1.